The van der Waals surface area contributed by atoms with Gasteiger partial charge >= 0.3 is 0 Å². The molecule has 0 heterocycles. The molecule has 0 spiro atoms. The van der Waals surface area contributed by atoms with Crippen LogP contribution < -0.4 is 0 Å². The lowest BCUT2D eigenvalue weighted by atomic mass is 9.80. The van der Waals surface area contributed by atoms with E-state index in [4.69, 9.17) is 0 Å². The molecule has 0 aliphatic carbocycles. The minimum atomic E-state index is 0.621. The topological polar surface area (TPSA) is 0 Å². The quantitative estimate of drug-likeness (QED) is 0.191. The molecule has 0 heteroatoms. The van der Waals surface area contributed by atoms with E-state index in [0.717, 1.165) is 0 Å². The molecule has 0 aromatic heterocycles. The van der Waals surface area contributed by atoms with Gasteiger partial charge in [0.15, 0.2) is 0 Å². The highest BCUT2D eigenvalue weighted by Gasteiger charge is 2.18. The molecule has 0 rings (SSSR count). The summed E-state index contributed by atoms with van der Waals surface area (Å²) in [6.45, 7) is 9.49. The molecule has 0 fully saturated rings. The third kappa shape index (κ3) is 17.2. The van der Waals surface area contributed by atoms with Crippen LogP contribution in [0.5, 0.6) is 0 Å². The second-order valence-corrected chi connectivity index (χ2v) is 8.92. The standard InChI is InChI=1S/C25H52/c1-5-8-9-10-11-12-13-14-15-16-17-18-19-20-21-22-23-24-25(4,6-2)7-3/h5-24H2,1-4H3. The van der Waals surface area contributed by atoms with Gasteiger partial charge in [-0.15, -0.1) is 0 Å². The van der Waals surface area contributed by atoms with Crippen molar-refractivity contribution in [2.45, 2.75) is 156 Å². The van der Waals surface area contributed by atoms with Crippen molar-refractivity contribution in [3.05, 3.63) is 0 Å². The maximum atomic E-state index is 2.47. The molecule has 0 unspecified atom stereocenters. The van der Waals surface area contributed by atoms with Gasteiger partial charge < -0.3 is 0 Å². The fraction of sp³-hybridized carbons (Fsp3) is 1.00. The van der Waals surface area contributed by atoms with Gasteiger partial charge in [-0.05, 0) is 11.8 Å². The molecule has 0 aliphatic rings. The Balaban J connectivity index is 3.12. The van der Waals surface area contributed by atoms with Gasteiger partial charge in [-0.1, -0.05) is 150 Å². The lowest BCUT2D eigenvalue weighted by Gasteiger charge is -2.26. The van der Waals surface area contributed by atoms with Crippen molar-refractivity contribution >= 4 is 0 Å². The van der Waals surface area contributed by atoms with Gasteiger partial charge in [-0.25, -0.2) is 0 Å². The van der Waals surface area contributed by atoms with Crippen LogP contribution in [0.15, 0.2) is 0 Å². The molecule has 25 heavy (non-hydrogen) atoms. The number of hydrogen-bond acceptors (Lipinski definition) is 0. The fourth-order valence-electron chi connectivity index (χ4n) is 3.88. The van der Waals surface area contributed by atoms with Crippen LogP contribution in [0.1, 0.15) is 156 Å². The normalized spacial score (nSPS) is 12.0. The highest BCUT2D eigenvalue weighted by Crippen LogP contribution is 2.31. The Morgan fingerprint density at radius 2 is 0.680 bits per heavy atom. The van der Waals surface area contributed by atoms with E-state index >= 15 is 0 Å². The minimum absolute atomic E-state index is 0.621. The zero-order valence-electron chi connectivity index (χ0n) is 18.6. The first-order chi connectivity index (χ1) is 12.2. The Morgan fingerprint density at radius 3 is 0.960 bits per heavy atom. The van der Waals surface area contributed by atoms with Crippen LogP contribution in [0.3, 0.4) is 0 Å². The van der Waals surface area contributed by atoms with Gasteiger partial charge in [-0.2, -0.15) is 0 Å². The van der Waals surface area contributed by atoms with Crippen LogP contribution in [-0.4, -0.2) is 0 Å². The molecular weight excluding hydrogens is 300 g/mol. The molecule has 0 amide bonds. The summed E-state index contributed by atoms with van der Waals surface area (Å²) in [6, 6.07) is 0. The van der Waals surface area contributed by atoms with Gasteiger partial charge in [0.2, 0.25) is 0 Å². The molecule has 0 bridgehead atoms. The molecular formula is C25H52. The van der Waals surface area contributed by atoms with Crippen molar-refractivity contribution in [1.29, 1.82) is 0 Å². The van der Waals surface area contributed by atoms with Crippen LogP contribution in [0.2, 0.25) is 0 Å². The summed E-state index contributed by atoms with van der Waals surface area (Å²) in [5.74, 6) is 0. The zero-order chi connectivity index (χ0) is 18.6. The minimum Gasteiger partial charge on any atom is -0.0654 e. The van der Waals surface area contributed by atoms with Crippen molar-refractivity contribution in [2.24, 2.45) is 5.41 Å². The Kier molecular flexibility index (Phi) is 18.8. The van der Waals surface area contributed by atoms with Crippen molar-refractivity contribution < 1.29 is 0 Å². The van der Waals surface area contributed by atoms with Gasteiger partial charge in [-0.3, -0.25) is 0 Å². The Hall–Kier alpha value is 0. The second-order valence-electron chi connectivity index (χ2n) is 8.92. The highest BCUT2D eigenvalue weighted by molar-refractivity contribution is 4.70. The third-order valence-electron chi connectivity index (χ3n) is 6.59. The number of unbranched alkanes of at least 4 members (excludes halogenated alkanes) is 16. The van der Waals surface area contributed by atoms with E-state index in [2.05, 4.69) is 27.7 Å². The average molecular weight is 353 g/mol. The van der Waals surface area contributed by atoms with Crippen LogP contribution in [-0.2, 0) is 0 Å². The molecule has 0 N–H and O–H groups in total. The lowest BCUT2D eigenvalue weighted by molar-refractivity contribution is 0.261. The average Bonchev–Trinajstić information content (AvgIpc) is 2.64. The van der Waals surface area contributed by atoms with Crippen molar-refractivity contribution in [2.75, 3.05) is 0 Å². The molecule has 0 atom stereocenters. The monoisotopic (exact) mass is 352 g/mol. The summed E-state index contributed by atoms with van der Waals surface area (Å²) in [5.41, 5.74) is 0.621. The van der Waals surface area contributed by atoms with E-state index in [1.165, 1.54) is 128 Å². The summed E-state index contributed by atoms with van der Waals surface area (Å²) < 4.78 is 0. The van der Waals surface area contributed by atoms with E-state index in [0.29, 0.717) is 5.41 Å². The summed E-state index contributed by atoms with van der Waals surface area (Å²) in [5, 5.41) is 0. The van der Waals surface area contributed by atoms with Gasteiger partial charge in [0.25, 0.3) is 0 Å². The highest BCUT2D eigenvalue weighted by atomic mass is 14.2. The predicted octanol–water partition coefficient (Wildman–Crippen LogP) is 9.85. The van der Waals surface area contributed by atoms with Crippen molar-refractivity contribution in [3.8, 4) is 0 Å². The molecule has 0 radical (unpaired) electrons. The van der Waals surface area contributed by atoms with Crippen LogP contribution >= 0.6 is 0 Å². The molecule has 0 saturated carbocycles. The van der Waals surface area contributed by atoms with E-state index < -0.39 is 0 Å². The molecule has 0 nitrogen and oxygen atoms in total. The first-order valence-electron chi connectivity index (χ1n) is 12.2. The summed E-state index contributed by atoms with van der Waals surface area (Å²) in [7, 11) is 0. The SMILES string of the molecule is CCCCCCCCCCCCCCCCCCCC(C)(CC)CC. The van der Waals surface area contributed by atoms with Gasteiger partial charge in [0, 0.05) is 0 Å². The molecule has 0 saturated heterocycles. The molecule has 0 aliphatic heterocycles. The molecule has 0 aromatic rings. The van der Waals surface area contributed by atoms with Crippen LogP contribution in [0.25, 0.3) is 0 Å². The van der Waals surface area contributed by atoms with Crippen molar-refractivity contribution in [1.82, 2.24) is 0 Å². The largest absolute Gasteiger partial charge is 0.0654 e. The Bertz CT molecular complexity index is 238. The maximum absolute atomic E-state index is 2.47. The van der Waals surface area contributed by atoms with Crippen LogP contribution in [0, 0.1) is 5.41 Å². The summed E-state index contributed by atoms with van der Waals surface area (Å²) >= 11 is 0. The third-order valence-corrected chi connectivity index (χ3v) is 6.59. The Morgan fingerprint density at radius 1 is 0.400 bits per heavy atom. The predicted molar refractivity (Wildman–Crippen MR) is 117 cm³/mol. The van der Waals surface area contributed by atoms with E-state index in [-0.39, 0.29) is 0 Å². The Labute approximate surface area is 161 Å². The fourth-order valence-corrected chi connectivity index (χ4v) is 3.88. The summed E-state index contributed by atoms with van der Waals surface area (Å²) in [4.78, 5) is 0. The van der Waals surface area contributed by atoms with E-state index in [9.17, 15) is 0 Å². The first kappa shape index (κ1) is 25.0. The van der Waals surface area contributed by atoms with Gasteiger partial charge in [0.1, 0.15) is 0 Å². The molecule has 152 valence electrons. The van der Waals surface area contributed by atoms with E-state index in [1.54, 1.807) is 0 Å². The second kappa shape index (κ2) is 18.8. The number of hydrogen-bond donors (Lipinski definition) is 0. The molecule has 0 aromatic carbocycles. The summed E-state index contributed by atoms with van der Waals surface area (Å²) in [6.07, 6.45) is 29.1. The van der Waals surface area contributed by atoms with Crippen LogP contribution in [0.4, 0.5) is 0 Å². The van der Waals surface area contributed by atoms with Crippen molar-refractivity contribution in [3.63, 3.8) is 0 Å². The first-order valence-corrected chi connectivity index (χ1v) is 12.2. The zero-order valence-corrected chi connectivity index (χ0v) is 18.6. The number of rotatable bonds is 20. The van der Waals surface area contributed by atoms with Gasteiger partial charge in [0.05, 0.1) is 0 Å². The van der Waals surface area contributed by atoms with E-state index in [1.807, 2.05) is 0 Å². The smallest absolute Gasteiger partial charge is 0.0331 e. The lowest BCUT2D eigenvalue weighted by Crippen LogP contribution is -2.13. The maximum Gasteiger partial charge on any atom is -0.0331 e.